The maximum Gasteiger partial charge on any atom is 0.299 e. The summed E-state index contributed by atoms with van der Waals surface area (Å²) in [5.41, 5.74) is 3.86. The lowest BCUT2D eigenvalue weighted by Crippen LogP contribution is -2.50. The Bertz CT molecular complexity index is 1100. The van der Waals surface area contributed by atoms with Gasteiger partial charge in [0.15, 0.2) is 5.58 Å². The first-order valence-corrected chi connectivity index (χ1v) is 10.1. The van der Waals surface area contributed by atoms with Gasteiger partial charge in [0, 0.05) is 23.7 Å². The van der Waals surface area contributed by atoms with Crippen molar-refractivity contribution >= 4 is 28.7 Å². The van der Waals surface area contributed by atoms with Crippen LogP contribution in [0.2, 0.25) is 0 Å². The van der Waals surface area contributed by atoms with Crippen LogP contribution in [0, 0.1) is 0 Å². The molecule has 1 aliphatic carbocycles. The fraction of sp³-hybridized carbons (Fsp3) is 0.364. The minimum absolute atomic E-state index is 0.144. The Labute approximate surface area is 167 Å². The van der Waals surface area contributed by atoms with E-state index in [0.29, 0.717) is 36.0 Å². The third kappa shape index (κ3) is 3.02. The summed E-state index contributed by atoms with van der Waals surface area (Å²) in [5, 5.41) is 2.97. The van der Waals surface area contributed by atoms with E-state index in [9.17, 15) is 4.79 Å². The summed E-state index contributed by atoms with van der Waals surface area (Å²) < 4.78 is 16.9. The van der Waals surface area contributed by atoms with E-state index in [2.05, 4.69) is 10.2 Å². The van der Waals surface area contributed by atoms with Gasteiger partial charge in [-0.25, -0.2) is 0 Å². The molecule has 2 aromatic carbocycles. The lowest BCUT2D eigenvalue weighted by molar-refractivity contribution is 0.00576. The standard InChI is InChI=1S/C22H21N3O4/c26-21(14-1-5-19-13(9-14)7-8-28-19)23-15-2-6-20-18(10-15)24-22(29-20)25(16-3-4-16)17-11-27-12-17/h1-2,5-6,9-10,16-17H,3-4,7-8,11-12H2,(H,23,26). The molecule has 1 N–H and O–H groups in total. The molecule has 3 aromatic rings. The lowest BCUT2D eigenvalue weighted by atomic mass is 10.1. The second-order valence-electron chi connectivity index (χ2n) is 7.88. The van der Waals surface area contributed by atoms with E-state index in [-0.39, 0.29) is 5.91 Å². The van der Waals surface area contributed by atoms with Gasteiger partial charge in [0.05, 0.1) is 25.9 Å². The van der Waals surface area contributed by atoms with Crippen LogP contribution in [0.15, 0.2) is 40.8 Å². The Morgan fingerprint density at radius 1 is 1.10 bits per heavy atom. The van der Waals surface area contributed by atoms with Gasteiger partial charge < -0.3 is 24.1 Å². The number of carbonyl (C=O) groups is 1. The molecule has 7 nitrogen and oxygen atoms in total. The van der Waals surface area contributed by atoms with Crippen LogP contribution < -0.4 is 15.0 Å². The number of rotatable bonds is 5. The summed E-state index contributed by atoms with van der Waals surface area (Å²) >= 11 is 0. The SMILES string of the molecule is O=C(Nc1ccc2oc(N(C3CC3)C3COC3)nc2c1)c1ccc2c(c1)CCO2. The van der Waals surface area contributed by atoms with Crippen molar-refractivity contribution in [1.29, 1.82) is 0 Å². The Morgan fingerprint density at radius 2 is 2.00 bits per heavy atom. The van der Waals surface area contributed by atoms with Crippen molar-refractivity contribution in [2.75, 3.05) is 30.0 Å². The number of benzene rings is 2. The maximum absolute atomic E-state index is 12.7. The number of nitrogens with zero attached hydrogens (tertiary/aromatic N) is 2. The second-order valence-corrected chi connectivity index (χ2v) is 7.88. The molecule has 148 valence electrons. The molecule has 2 fully saturated rings. The van der Waals surface area contributed by atoms with E-state index in [1.54, 1.807) is 6.07 Å². The first kappa shape index (κ1) is 16.9. The number of hydrogen-bond acceptors (Lipinski definition) is 6. The van der Waals surface area contributed by atoms with Crippen LogP contribution in [0.1, 0.15) is 28.8 Å². The van der Waals surface area contributed by atoms with Crippen molar-refractivity contribution < 1.29 is 18.7 Å². The average Bonchev–Trinajstić information content (AvgIpc) is 3.25. The predicted octanol–water partition coefficient (Wildman–Crippen LogP) is 3.38. The molecule has 1 saturated carbocycles. The van der Waals surface area contributed by atoms with Crippen molar-refractivity contribution in [1.82, 2.24) is 4.98 Å². The van der Waals surface area contributed by atoms with Crippen LogP contribution in [0.4, 0.5) is 11.7 Å². The number of carbonyl (C=O) groups excluding carboxylic acids is 1. The molecule has 3 heterocycles. The zero-order chi connectivity index (χ0) is 19.4. The minimum atomic E-state index is -0.144. The molecule has 6 rings (SSSR count). The highest BCUT2D eigenvalue weighted by atomic mass is 16.5. The van der Waals surface area contributed by atoms with Gasteiger partial charge in [0.2, 0.25) is 0 Å². The fourth-order valence-corrected chi connectivity index (χ4v) is 3.98. The normalized spacial score (nSPS) is 18.2. The summed E-state index contributed by atoms with van der Waals surface area (Å²) in [6, 6.07) is 12.6. The highest BCUT2D eigenvalue weighted by Crippen LogP contribution is 2.36. The third-order valence-electron chi connectivity index (χ3n) is 5.76. The molecule has 29 heavy (non-hydrogen) atoms. The molecule has 0 atom stereocenters. The van der Waals surface area contributed by atoms with Crippen LogP contribution in [0.5, 0.6) is 5.75 Å². The Kier molecular flexibility index (Phi) is 3.77. The van der Waals surface area contributed by atoms with E-state index >= 15 is 0 Å². The number of hydrogen-bond donors (Lipinski definition) is 1. The molecule has 3 aliphatic rings. The number of oxazole rings is 1. The van der Waals surface area contributed by atoms with Crippen LogP contribution in [0.3, 0.4) is 0 Å². The summed E-state index contributed by atoms with van der Waals surface area (Å²) in [6.45, 7) is 2.13. The molecular weight excluding hydrogens is 370 g/mol. The zero-order valence-electron chi connectivity index (χ0n) is 15.9. The van der Waals surface area contributed by atoms with Gasteiger partial charge in [0.1, 0.15) is 11.3 Å². The summed E-state index contributed by atoms with van der Waals surface area (Å²) in [6.07, 6.45) is 3.18. The van der Waals surface area contributed by atoms with Crippen molar-refractivity contribution in [2.45, 2.75) is 31.3 Å². The number of aromatic nitrogens is 1. The molecule has 7 heteroatoms. The fourth-order valence-electron chi connectivity index (χ4n) is 3.98. The van der Waals surface area contributed by atoms with Gasteiger partial charge in [-0.05, 0) is 54.8 Å². The average molecular weight is 391 g/mol. The van der Waals surface area contributed by atoms with E-state index in [1.165, 1.54) is 12.8 Å². The lowest BCUT2D eigenvalue weighted by Gasteiger charge is -2.36. The first-order valence-electron chi connectivity index (χ1n) is 10.1. The monoisotopic (exact) mass is 391 g/mol. The van der Waals surface area contributed by atoms with E-state index < -0.39 is 0 Å². The molecule has 1 amide bonds. The summed E-state index contributed by atoms with van der Waals surface area (Å²) in [5.74, 6) is 0.726. The number of nitrogens with one attached hydrogen (secondary N) is 1. The predicted molar refractivity (Wildman–Crippen MR) is 108 cm³/mol. The van der Waals surface area contributed by atoms with Crippen LogP contribution in [0.25, 0.3) is 11.1 Å². The van der Waals surface area contributed by atoms with Crippen molar-refractivity contribution in [2.24, 2.45) is 0 Å². The van der Waals surface area contributed by atoms with Crippen LogP contribution in [-0.4, -0.2) is 42.8 Å². The highest BCUT2D eigenvalue weighted by molar-refractivity contribution is 6.05. The number of anilines is 2. The van der Waals surface area contributed by atoms with Gasteiger partial charge in [-0.3, -0.25) is 4.79 Å². The topological polar surface area (TPSA) is 76.8 Å². The molecule has 0 radical (unpaired) electrons. The zero-order valence-corrected chi connectivity index (χ0v) is 15.9. The molecule has 2 aliphatic heterocycles. The van der Waals surface area contributed by atoms with Crippen LogP contribution in [-0.2, 0) is 11.2 Å². The van der Waals surface area contributed by atoms with Gasteiger partial charge in [-0.1, -0.05) is 0 Å². The van der Waals surface area contributed by atoms with Crippen molar-refractivity contribution in [3.05, 3.63) is 47.5 Å². The molecule has 0 spiro atoms. The highest BCUT2D eigenvalue weighted by Gasteiger charge is 2.40. The van der Waals surface area contributed by atoms with Crippen molar-refractivity contribution in [3.63, 3.8) is 0 Å². The smallest absolute Gasteiger partial charge is 0.299 e. The van der Waals surface area contributed by atoms with Crippen molar-refractivity contribution in [3.8, 4) is 5.75 Å². The largest absolute Gasteiger partial charge is 0.493 e. The molecule has 1 aromatic heterocycles. The number of amides is 1. The van der Waals surface area contributed by atoms with Gasteiger partial charge in [-0.2, -0.15) is 4.98 Å². The van der Waals surface area contributed by atoms with E-state index in [4.69, 9.17) is 18.9 Å². The minimum Gasteiger partial charge on any atom is -0.493 e. The van der Waals surface area contributed by atoms with E-state index in [0.717, 1.165) is 42.0 Å². The number of fused-ring (bicyclic) bond motifs is 2. The van der Waals surface area contributed by atoms with Crippen LogP contribution >= 0.6 is 0 Å². The molecule has 0 bridgehead atoms. The Balaban J connectivity index is 1.24. The second kappa shape index (κ2) is 6.49. The van der Waals surface area contributed by atoms with Gasteiger partial charge >= 0.3 is 0 Å². The Hall–Kier alpha value is -3.06. The van der Waals surface area contributed by atoms with E-state index in [1.807, 2.05) is 30.3 Å². The molecular formula is C22H21N3O4. The van der Waals surface area contributed by atoms with Gasteiger partial charge in [-0.15, -0.1) is 0 Å². The van der Waals surface area contributed by atoms with Gasteiger partial charge in [0.25, 0.3) is 11.9 Å². The Morgan fingerprint density at radius 3 is 2.79 bits per heavy atom. The third-order valence-corrected chi connectivity index (χ3v) is 5.76. The molecule has 1 saturated heterocycles. The molecule has 0 unspecified atom stereocenters. The maximum atomic E-state index is 12.7. The summed E-state index contributed by atoms with van der Waals surface area (Å²) in [7, 11) is 0. The quantitative estimate of drug-likeness (QED) is 0.719. The summed E-state index contributed by atoms with van der Waals surface area (Å²) in [4.78, 5) is 19.6. The number of ether oxygens (including phenoxy) is 2. The first-order chi connectivity index (χ1) is 14.2.